The zero-order valence-corrected chi connectivity index (χ0v) is 24.8. The third-order valence-corrected chi connectivity index (χ3v) is 8.92. The molecule has 2 atom stereocenters. The Morgan fingerprint density at radius 1 is 1.18 bits per heavy atom. The molecule has 0 aliphatic carbocycles. The van der Waals surface area contributed by atoms with Crippen LogP contribution in [0, 0.1) is 11.8 Å². The van der Waals surface area contributed by atoms with Crippen LogP contribution in [0.3, 0.4) is 0 Å². The van der Waals surface area contributed by atoms with Gasteiger partial charge in [0.2, 0.25) is 0 Å². The highest BCUT2D eigenvalue weighted by Gasteiger charge is 2.40. The highest BCUT2D eigenvalue weighted by Crippen LogP contribution is 2.44. The lowest BCUT2D eigenvalue weighted by Gasteiger charge is -2.32. The maximum absolute atomic E-state index is 13.6. The summed E-state index contributed by atoms with van der Waals surface area (Å²) >= 11 is 0. The smallest absolute Gasteiger partial charge is 0.272 e. The molecule has 210 valence electrons. The van der Waals surface area contributed by atoms with Crippen LogP contribution in [0.5, 0.6) is 0 Å². The van der Waals surface area contributed by atoms with Crippen LogP contribution >= 0.6 is 0 Å². The highest BCUT2D eigenvalue weighted by atomic mass is 32.2. The lowest BCUT2D eigenvalue weighted by Crippen LogP contribution is -2.47. The summed E-state index contributed by atoms with van der Waals surface area (Å²) in [4.78, 5) is 24.7. The molecule has 2 aliphatic heterocycles. The van der Waals surface area contributed by atoms with Gasteiger partial charge in [0, 0.05) is 56.0 Å². The van der Waals surface area contributed by atoms with E-state index < -0.39 is 15.7 Å². The van der Waals surface area contributed by atoms with Crippen molar-refractivity contribution < 1.29 is 14.1 Å². The van der Waals surface area contributed by atoms with Crippen LogP contribution in [0.4, 0.5) is 0 Å². The Hall–Kier alpha value is -2.61. The lowest BCUT2D eigenvalue weighted by molar-refractivity contribution is 0.0658. The number of aliphatic hydroxyl groups is 1. The maximum Gasteiger partial charge on any atom is 0.272 e. The third-order valence-electron chi connectivity index (χ3n) is 7.06. The molecular formula is C30H41N5O3S. The average molecular weight is 552 g/mol. The molecule has 1 saturated heterocycles. The second-order valence-corrected chi connectivity index (χ2v) is 13.8. The van der Waals surface area contributed by atoms with Gasteiger partial charge in [0.25, 0.3) is 5.91 Å². The number of likely N-dealkylation sites (N-methyl/N-ethyl adjacent to an activating group) is 1. The Bertz CT molecular complexity index is 1290. The van der Waals surface area contributed by atoms with Gasteiger partial charge in [0.15, 0.2) is 0 Å². The van der Waals surface area contributed by atoms with Crippen LogP contribution < -0.4 is 0 Å². The average Bonchev–Trinajstić information content (AvgIpc) is 3.25. The molecule has 0 bridgehead atoms. The van der Waals surface area contributed by atoms with Crippen molar-refractivity contribution in [3.63, 3.8) is 0 Å². The zero-order valence-electron chi connectivity index (χ0n) is 24.0. The Kier molecular flexibility index (Phi) is 9.25. The van der Waals surface area contributed by atoms with Crippen LogP contribution in [-0.2, 0) is 17.5 Å². The van der Waals surface area contributed by atoms with E-state index in [0.29, 0.717) is 44.0 Å². The van der Waals surface area contributed by atoms with Gasteiger partial charge >= 0.3 is 0 Å². The number of carbonyl (C=O) groups is 1. The van der Waals surface area contributed by atoms with Crippen molar-refractivity contribution in [3.05, 3.63) is 52.7 Å². The maximum atomic E-state index is 13.6. The van der Waals surface area contributed by atoms with Gasteiger partial charge in [0.1, 0.15) is 16.7 Å². The summed E-state index contributed by atoms with van der Waals surface area (Å²) in [5.41, 5.74) is 4.72. The number of piperazine rings is 1. The molecule has 1 amide bonds. The first-order valence-corrected chi connectivity index (χ1v) is 14.7. The molecular weight excluding hydrogens is 510 g/mol. The van der Waals surface area contributed by atoms with Gasteiger partial charge < -0.3 is 14.9 Å². The number of pyridine rings is 1. The van der Waals surface area contributed by atoms with Crippen molar-refractivity contribution in [1.29, 1.82) is 0 Å². The molecule has 8 nitrogen and oxygen atoms in total. The summed E-state index contributed by atoms with van der Waals surface area (Å²) < 4.78 is 15.1. The third kappa shape index (κ3) is 6.76. The Balaban J connectivity index is 1.83. The molecule has 1 fully saturated rings. The largest absolute Gasteiger partial charge is 0.396 e. The van der Waals surface area contributed by atoms with E-state index in [4.69, 9.17) is 4.98 Å². The summed E-state index contributed by atoms with van der Waals surface area (Å²) in [6, 6.07) is 9.53. The fourth-order valence-corrected chi connectivity index (χ4v) is 6.42. The van der Waals surface area contributed by atoms with Crippen molar-refractivity contribution in [2.45, 2.75) is 44.5 Å². The summed E-state index contributed by atoms with van der Waals surface area (Å²) in [6.07, 6.45) is 0.428. The van der Waals surface area contributed by atoms with E-state index in [1.807, 2.05) is 79.3 Å². The SMILES string of the molecule is CN(C)CC#Cc1cccc(-c2nc(C(=O)N3CCN(C)CC3)cc3c2[C@H](CCO)N(S(=O)C(C)(C)C)C3)c1. The van der Waals surface area contributed by atoms with Gasteiger partial charge in [-0.2, -0.15) is 0 Å². The first kappa shape index (κ1) is 29.4. The molecule has 2 aromatic rings. The molecule has 1 aromatic carbocycles. The fraction of sp³-hybridized carbons (Fsp3) is 0.533. The number of hydrogen-bond acceptors (Lipinski definition) is 6. The predicted molar refractivity (Wildman–Crippen MR) is 156 cm³/mol. The van der Waals surface area contributed by atoms with Gasteiger partial charge in [0.05, 0.1) is 23.0 Å². The van der Waals surface area contributed by atoms with E-state index in [1.165, 1.54) is 0 Å². The van der Waals surface area contributed by atoms with Crippen molar-refractivity contribution in [2.75, 3.05) is 60.5 Å². The quantitative estimate of drug-likeness (QED) is 0.557. The number of carbonyl (C=O) groups excluding carboxylic acids is 1. The van der Waals surface area contributed by atoms with Crippen LogP contribution in [0.1, 0.15) is 60.4 Å². The molecule has 1 aromatic heterocycles. The Labute approximate surface area is 235 Å². The standard InChI is InChI=1S/C30H41N5O3S/c1-30(2,3)39(38)35-21-24-20-25(29(37)34-16-14-33(6)15-17-34)31-28(27(24)26(35)12-18-36)23-11-7-9-22(19-23)10-8-13-32(4)5/h7,9,11,19-20,26,36H,12-18,21H2,1-6H3/t26-,39?/m0/s1. The number of aliphatic hydroxyl groups excluding tert-OH is 1. The second-order valence-electron chi connectivity index (χ2n) is 11.6. The molecule has 1 unspecified atom stereocenters. The predicted octanol–water partition coefficient (Wildman–Crippen LogP) is 2.75. The first-order chi connectivity index (χ1) is 18.5. The van der Waals surface area contributed by atoms with Crippen molar-refractivity contribution in [3.8, 4) is 23.1 Å². The molecule has 3 heterocycles. The Morgan fingerprint density at radius 3 is 2.54 bits per heavy atom. The summed E-state index contributed by atoms with van der Waals surface area (Å²) in [5.74, 6) is 6.34. The van der Waals surface area contributed by atoms with E-state index in [0.717, 1.165) is 35.3 Å². The molecule has 9 heteroatoms. The fourth-order valence-electron chi connectivity index (χ4n) is 5.01. The number of hydrogen-bond donors (Lipinski definition) is 1. The van der Waals surface area contributed by atoms with Crippen molar-refractivity contribution in [2.24, 2.45) is 0 Å². The minimum atomic E-state index is -1.31. The summed E-state index contributed by atoms with van der Waals surface area (Å²) in [6.45, 7) is 9.89. The lowest BCUT2D eigenvalue weighted by atomic mass is 9.95. The van der Waals surface area contributed by atoms with E-state index in [-0.39, 0.29) is 18.6 Å². The molecule has 4 rings (SSSR count). The van der Waals surface area contributed by atoms with Crippen LogP contribution in [0.2, 0.25) is 0 Å². The van der Waals surface area contributed by atoms with Crippen molar-refractivity contribution >= 4 is 16.9 Å². The number of nitrogens with zero attached hydrogens (tertiary/aromatic N) is 5. The molecule has 39 heavy (non-hydrogen) atoms. The van der Waals surface area contributed by atoms with E-state index in [2.05, 4.69) is 23.8 Å². The summed E-state index contributed by atoms with van der Waals surface area (Å²) in [7, 11) is 4.72. The molecule has 0 spiro atoms. The normalized spacial score (nSPS) is 19.1. The van der Waals surface area contributed by atoms with E-state index in [9.17, 15) is 14.1 Å². The second kappa shape index (κ2) is 12.3. The van der Waals surface area contributed by atoms with E-state index in [1.54, 1.807) is 0 Å². The van der Waals surface area contributed by atoms with Crippen LogP contribution in [-0.4, -0.2) is 104 Å². The molecule has 0 saturated carbocycles. The minimum Gasteiger partial charge on any atom is -0.396 e. The monoisotopic (exact) mass is 551 g/mol. The van der Waals surface area contributed by atoms with E-state index >= 15 is 0 Å². The summed E-state index contributed by atoms with van der Waals surface area (Å²) in [5, 5.41) is 10.0. The highest BCUT2D eigenvalue weighted by molar-refractivity contribution is 7.84. The van der Waals surface area contributed by atoms with Gasteiger partial charge in [-0.1, -0.05) is 24.0 Å². The van der Waals surface area contributed by atoms with Gasteiger partial charge in [-0.15, -0.1) is 0 Å². The first-order valence-electron chi connectivity index (χ1n) is 13.5. The zero-order chi connectivity index (χ0) is 28.3. The topological polar surface area (TPSA) is 80.2 Å². The van der Waals surface area contributed by atoms with Gasteiger partial charge in [-0.3, -0.25) is 9.69 Å². The molecule has 0 radical (unpaired) electrons. The van der Waals surface area contributed by atoms with Crippen LogP contribution in [0.15, 0.2) is 30.3 Å². The van der Waals surface area contributed by atoms with Crippen LogP contribution in [0.25, 0.3) is 11.3 Å². The Morgan fingerprint density at radius 2 is 1.90 bits per heavy atom. The number of amides is 1. The van der Waals surface area contributed by atoms with Gasteiger partial charge in [-0.25, -0.2) is 13.5 Å². The number of fused-ring (bicyclic) bond motifs is 1. The number of aromatic nitrogens is 1. The molecule has 1 N–H and O–H groups in total. The van der Waals surface area contributed by atoms with Crippen molar-refractivity contribution in [1.82, 2.24) is 24.0 Å². The minimum absolute atomic E-state index is 0.0422. The molecule has 2 aliphatic rings. The number of rotatable bonds is 6. The number of benzene rings is 1. The van der Waals surface area contributed by atoms with Gasteiger partial charge in [-0.05, 0) is 72.1 Å².